The third-order valence-corrected chi connectivity index (χ3v) is 3.56. The lowest BCUT2D eigenvalue weighted by Gasteiger charge is -2.22. The Morgan fingerprint density at radius 3 is 2.33 bits per heavy atom. The van der Waals surface area contributed by atoms with Gasteiger partial charge in [0.1, 0.15) is 5.82 Å². The normalized spacial score (nSPS) is 12.0. The van der Waals surface area contributed by atoms with Crippen LogP contribution in [-0.4, -0.2) is 19.1 Å². The van der Waals surface area contributed by atoms with Crippen LogP contribution in [0.3, 0.4) is 0 Å². The van der Waals surface area contributed by atoms with Gasteiger partial charge in [0.15, 0.2) is 5.65 Å². The van der Waals surface area contributed by atoms with Crippen molar-refractivity contribution in [2.75, 3.05) is 0 Å². The molecule has 2 rings (SSSR count). The van der Waals surface area contributed by atoms with Crippen molar-refractivity contribution >= 4 is 23.7 Å². The van der Waals surface area contributed by atoms with Gasteiger partial charge in [0, 0.05) is 19.0 Å². The predicted octanol–water partition coefficient (Wildman–Crippen LogP) is 1.10. The van der Waals surface area contributed by atoms with Gasteiger partial charge in [-0.1, -0.05) is 32.7 Å². The minimum absolute atomic E-state index is 0.204. The first-order valence-electron chi connectivity index (χ1n) is 6.87. The van der Waals surface area contributed by atoms with E-state index in [1.807, 2.05) is 27.7 Å². The van der Waals surface area contributed by atoms with Crippen molar-refractivity contribution in [3.8, 4) is 0 Å². The number of hydrogen-bond acceptors (Lipinski definition) is 5. The summed E-state index contributed by atoms with van der Waals surface area (Å²) in [5.74, 6) is 0.539. The van der Waals surface area contributed by atoms with Gasteiger partial charge in [0.2, 0.25) is 0 Å². The minimum atomic E-state index is -0.437. The number of fused-ring (bicyclic) bond motifs is 1. The van der Waals surface area contributed by atoms with Crippen molar-refractivity contribution in [3.63, 3.8) is 0 Å². The summed E-state index contributed by atoms with van der Waals surface area (Å²) >= 11 is 5.26. The zero-order chi connectivity index (χ0) is 15.9. The van der Waals surface area contributed by atoms with E-state index in [0.717, 1.165) is 11.0 Å². The third kappa shape index (κ3) is 2.57. The summed E-state index contributed by atoms with van der Waals surface area (Å²) in [6.07, 6.45) is 0.759. The molecular formula is C14H19N4O2S-. The quantitative estimate of drug-likeness (QED) is 0.614. The molecule has 2 heterocycles. The molecule has 0 N–H and O–H groups in total. The van der Waals surface area contributed by atoms with Gasteiger partial charge in [-0.2, -0.15) is 0 Å². The molecule has 2 aromatic heterocycles. The van der Waals surface area contributed by atoms with Crippen LogP contribution >= 0.6 is 0 Å². The highest BCUT2D eigenvalue weighted by Crippen LogP contribution is 2.21. The molecule has 21 heavy (non-hydrogen) atoms. The van der Waals surface area contributed by atoms with E-state index >= 15 is 0 Å². The van der Waals surface area contributed by atoms with E-state index < -0.39 is 5.56 Å². The predicted molar refractivity (Wildman–Crippen MR) is 83.7 cm³/mol. The van der Waals surface area contributed by atoms with E-state index in [1.165, 1.54) is 11.6 Å². The molecule has 0 aliphatic heterocycles. The summed E-state index contributed by atoms with van der Waals surface area (Å²) in [5.41, 5.74) is -0.777. The molecule has 2 aromatic rings. The molecule has 114 valence electrons. The second-order valence-electron chi connectivity index (χ2n) is 6.10. The van der Waals surface area contributed by atoms with Gasteiger partial charge in [-0.3, -0.25) is 18.9 Å². The molecule has 0 amide bonds. The molecule has 0 saturated carbocycles. The van der Waals surface area contributed by atoms with E-state index in [4.69, 9.17) is 12.6 Å². The van der Waals surface area contributed by atoms with Gasteiger partial charge in [0.05, 0.1) is 5.39 Å². The Hall–Kier alpha value is -1.76. The fourth-order valence-electron chi connectivity index (χ4n) is 2.10. The molecule has 6 nitrogen and oxygen atoms in total. The fourth-order valence-corrected chi connectivity index (χ4v) is 2.36. The van der Waals surface area contributed by atoms with E-state index in [9.17, 15) is 9.59 Å². The average Bonchev–Trinajstić information content (AvgIpc) is 2.39. The topological polar surface area (TPSA) is 69.8 Å². The van der Waals surface area contributed by atoms with Gasteiger partial charge in [-0.25, -0.2) is 9.78 Å². The Balaban J connectivity index is 3.03. The summed E-state index contributed by atoms with van der Waals surface area (Å²) in [6, 6.07) is 0. The van der Waals surface area contributed by atoms with Crippen LogP contribution in [0, 0.1) is 0 Å². The van der Waals surface area contributed by atoms with Crippen molar-refractivity contribution in [1.82, 2.24) is 19.1 Å². The first-order valence-corrected chi connectivity index (χ1v) is 7.28. The lowest BCUT2D eigenvalue weighted by molar-refractivity contribution is 0.535. The van der Waals surface area contributed by atoms with Crippen LogP contribution in [0.25, 0.3) is 11.0 Å². The molecule has 0 aliphatic carbocycles. The molecule has 0 aromatic carbocycles. The van der Waals surface area contributed by atoms with Crippen molar-refractivity contribution in [3.05, 3.63) is 26.7 Å². The third-order valence-electron chi connectivity index (χ3n) is 3.27. The van der Waals surface area contributed by atoms with E-state index in [0.29, 0.717) is 18.0 Å². The smallest absolute Gasteiger partial charge is 0.332 e. The highest BCUT2D eigenvalue weighted by atomic mass is 32.1. The molecular weight excluding hydrogens is 288 g/mol. The maximum absolute atomic E-state index is 12.3. The van der Waals surface area contributed by atoms with Crippen LogP contribution in [0.2, 0.25) is 0 Å². The monoisotopic (exact) mass is 307 g/mol. The van der Waals surface area contributed by atoms with Crippen LogP contribution in [0.5, 0.6) is 0 Å². The number of rotatable bonds is 2. The Bertz CT molecular complexity index is 815. The fraction of sp³-hybridized carbons (Fsp3) is 0.571. The molecule has 0 radical (unpaired) electrons. The van der Waals surface area contributed by atoms with Crippen LogP contribution in [-0.2, 0) is 31.6 Å². The Kier molecular flexibility index (Phi) is 3.88. The van der Waals surface area contributed by atoms with Gasteiger partial charge in [-0.15, -0.1) is 0 Å². The maximum atomic E-state index is 12.3. The molecule has 0 aliphatic rings. The van der Waals surface area contributed by atoms with Crippen molar-refractivity contribution in [1.29, 1.82) is 0 Å². The van der Waals surface area contributed by atoms with Crippen molar-refractivity contribution in [2.24, 2.45) is 7.05 Å². The summed E-state index contributed by atoms with van der Waals surface area (Å²) in [7, 11) is 1.45. The standard InChI is InChI=1S/C14H20N4O2S/c1-6-7-18-9-8(11(19)17(5)13(18)20)10(21)16-12(15-9)14(2,3)4/h6-7H2,1-5H3,(H,15,16,21)/p-1. The minimum Gasteiger partial charge on any atom is -0.759 e. The van der Waals surface area contributed by atoms with Crippen LogP contribution < -0.4 is 11.2 Å². The number of aromatic nitrogens is 4. The van der Waals surface area contributed by atoms with Crippen molar-refractivity contribution < 1.29 is 0 Å². The van der Waals surface area contributed by atoms with E-state index in [2.05, 4.69) is 9.97 Å². The lowest BCUT2D eigenvalue weighted by Crippen LogP contribution is -2.39. The highest BCUT2D eigenvalue weighted by molar-refractivity contribution is 7.59. The van der Waals surface area contributed by atoms with Crippen molar-refractivity contribution in [2.45, 2.75) is 51.1 Å². The molecule has 0 saturated heterocycles. The molecule has 0 bridgehead atoms. The van der Waals surface area contributed by atoms with Gasteiger partial charge >= 0.3 is 5.69 Å². The second-order valence-corrected chi connectivity index (χ2v) is 6.49. The van der Waals surface area contributed by atoms with Gasteiger partial charge in [0.25, 0.3) is 5.56 Å². The molecule has 0 spiro atoms. The Morgan fingerprint density at radius 2 is 1.81 bits per heavy atom. The SMILES string of the molecule is CCCn1c(=O)n(C)c(=O)c2c([S-])nc(C(C)(C)C)nc21. The first-order chi connectivity index (χ1) is 9.68. The second kappa shape index (κ2) is 5.22. The van der Waals surface area contributed by atoms with E-state index in [1.54, 1.807) is 0 Å². The van der Waals surface area contributed by atoms with Gasteiger partial charge < -0.3 is 12.6 Å². The average molecular weight is 307 g/mol. The number of hydrogen-bond donors (Lipinski definition) is 0. The molecule has 0 atom stereocenters. The zero-order valence-electron chi connectivity index (χ0n) is 12.9. The van der Waals surface area contributed by atoms with Crippen LogP contribution in [0.4, 0.5) is 0 Å². The Morgan fingerprint density at radius 1 is 1.19 bits per heavy atom. The lowest BCUT2D eigenvalue weighted by atomic mass is 9.96. The van der Waals surface area contributed by atoms with Gasteiger partial charge in [-0.05, 0) is 6.42 Å². The number of aryl methyl sites for hydroxylation is 1. The summed E-state index contributed by atoms with van der Waals surface area (Å²) in [4.78, 5) is 33.3. The summed E-state index contributed by atoms with van der Waals surface area (Å²) < 4.78 is 2.57. The largest absolute Gasteiger partial charge is 0.759 e. The molecule has 0 unspecified atom stereocenters. The molecule has 0 fully saturated rings. The van der Waals surface area contributed by atoms with E-state index in [-0.39, 0.29) is 21.5 Å². The molecule has 7 heteroatoms. The number of nitrogens with zero attached hydrogens (tertiary/aromatic N) is 4. The van der Waals surface area contributed by atoms with Crippen LogP contribution in [0.1, 0.15) is 39.9 Å². The summed E-state index contributed by atoms with van der Waals surface area (Å²) in [5, 5.41) is 0.448. The van der Waals surface area contributed by atoms with Crippen LogP contribution in [0.15, 0.2) is 14.6 Å². The Labute approximate surface area is 128 Å². The maximum Gasteiger partial charge on any atom is 0.332 e. The first kappa shape index (κ1) is 15.6. The highest BCUT2D eigenvalue weighted by Gasteiger charge is 2.20. The summed E-state index contributed by atoms with van der Waals surface area (Å²) in [6.45, 7) is 8.34. The zero-order valence-corrected chi connectivity index (χ0v) is 13.7.